The third kappa shape index (κ3) is 15.5. The summed E-state index contributed by atoms with van der Waals surface area (Å²) >= 11 is 1.75. The van der Waals surface area contributed by atoms with Gasteiger partial charge in [0.1, 0.15) is 27.1 Å². The zero-order valence-electron chi connectivity index (χ0n) is 33.1. The molecule has 0 N–H and O–H groups in total. The number of benzene rings is 4. The molecule has 0 bridgehead atoms. The van der Waals surface area contributed by atoms with Crippen LogP contribution in [0.1, 0.15) is 54.2 Å². The molecule has 52 heavy (non-hydrogen) atoms. The Balaban J connectivity index is 0.00000114. The van der Waals surface area contributed by atoms with Crippen molar-refractivity contribution in [1.82, 2.24) is 0 Å². The molecule has 0 atom stereocenters. The third-order valence-corrected chi connectivity index (χ3v) is 6.64. The van der Waals surface area contributed by atoms with E-state index in [0.717, 1.165) is 35.0 Å². The molecule has 0 amide bonds. The second kappa shape index (κ2) is 23.7. The molecule has 0 aliphatic heterocycles. The third-order valence-electron chi connectivity index (χ3n) is 6.64. The van der Waals surface area contributed by atoms with E-state index in [-0.39, 0.29) is 11.8 Å². The van der Waals surface area contributed by atoms with Gasteiger partial charge in [0, 0.05) is 57.0 Å². The van der Waals surface area contributed by atoms with Gasteiger partial charge in [-0.1, -0.05) is 72.8 Å². The minimum absolute atomic E-state index is 0.167. The van der Waals surface area contributed by atoms with E-state index in [4.69, 9.17) is 9.47 Å². The maximum Gasteiger partial charge on any atom is 0.308 e. The highest BCUT2D eigenvalue weighted by molar-refractivity contribution is 7.97. The molecule has 1 aliphatic rings. The summed E-state index contributed by atoms with van der Waals surface area (Å²) in [5, 5.41) is 0. The van der Waals surface area contributed by atoms with Crippen LogP contribution in [-0.4, -0.2) is 83.2 Å². The highest BCUT2D eigenvalue weighted by Crippen LogP contribution is 2.56. The summed E-state index contributed by atoms with van der Waals surface area (Å²) in [6.45, 7) is 8.55. The van der Waals surface area contributed by atoms with Crippen molar-refractivity contribution < 1.29 is 36.4 Å². The number of thioether (sulfide) groups is 1. The number of carbonyl (C=O) groups is 2. The molecule has 0 saturated carbocycles. The first kappa shape index (κ1) is 48.2. The van der Waals surface area contributed by atoms with E-state index in [1.54, 1.807) is 45.6 Å². The number of rotatable bonds is 4. The lowest BCUT2D eigenvalue weighted by Crippen LogP contribution is -2.29. The number of carbonyl (C=O) groups excluding carboxylic acids is 2. The monoisotopic (exact) mass is 772 g/mol. The zero-order valence-corrected chi connectivity index (χ0v) is 35.5. The van der Waals surface area contributed by atoms with Gasteiger partial charge in [0.15, 0.2) is 0 Å². The van der Waals surface area contributed by atoms with Gasteiger partial charge in [-0.2, -0.15) is 11.8 Å². The van der Waals surface area contributed by atoms with Gasteiger partial charge < -0.3 is 19.0 Å². The van der Waals surface area contributed by atoms with E-state index in [1.165, 1.54) is 48.6 Å². The second-order valence-corrected chi connectivity index (χ2v) is 16.8. The molecule has 1 aliphatic carbocycles. The average molecular weight is 773 g/mol. The van der Waals surface area contributed by atoms with Crippen LogP contribution in [0.4, 0.5) is 0 Å². The molecule has 0 spiro atoms. The summed E-state index contributed by atoms with van der Waals surface area (Å²) < 4.78 is 44.1. The molecule has 0 unspecified atom stereocenters. The normalized spacial score (nSPS) is 11.4. The van der Waals surface area contributed by atoms with E-state index in [2.05, 4.69) is 90.5 Å². The van der Waals surface area contributed by atoms with Crippen LogP contribution in [0.5, 0.6) is 11.5 Å². The van der Waals surface area contributed by atoms with Crippen LogP contribution >= 0.6 is 11.8 Å². The number of methoxy groups -OCH3 is 2. The fourth-order valence-corrected chi connectivity index (χ4v) is 5.29. The maximum atomic E-state index is 11.6. The van der Waals surface area contributed by atoms with Gasteiger partial charge in [-0.25, -0.2) is 8.42 Å². The maximum absolute atomic E-state index is 11.6. The van der Waals surface area contributed by atoms with Gasteiger partial charge in [-0.15, -0.1) is 0 Å². The number of hydrogen-bond acceptors (Lipinski definition) is 9. The molecule has 286 valence electrons. The van der Waals surface area contributed by atoms with Crippen molar-refractivity contribution in [3.05, 3.63) is 118 Å². The van der Waals surface area contributed by atoms with Crippen molar-refractivity contribution >= 4 is 44.2 Å². The Morgan fingerprint density at radius 3 is 1.29 bits per heavy atom. The summed E-state index contributed by atoms with van der Waals surface area (Å²) in [7, 11) is 1.68. The number of sulfone groups is 1. The van der Waals surface area contributed by atoms with Gasteiger partial charge >= 0.3 is 5.97 Å². The van der Waals surface area contributed by atoms with Crippen LogP contribution in [0, 0.1) is 13.8 Å². The van der Waals surface area contributed by atoms with E-state index in [9.17, 15) is 22.2 Å². The Labute approximate surface area is 319 Å². The van der Waals surface area contributed by atoms with Crippen molar-refractivity contribution in [3.63, 3.8) is 0 Å². The standard InChI is InChI=1S/C30H26O3.C3H6O.C2H6O2S.C2H6OS.C2H6O.C2H6S/c1-19-17-22(13-15-28(19)32-4)30(23-14-16-29(20(2)18-23)33-21(3)31)26-11-7-5-9-24(26)25-10-6-8-12-27(25)30;1-3(2)4;1-5(2,3)4;1-4(2)3;2*1-3-2/h5-18H,1-4H3;1-2H3;1-2H3;1-2H3;2*1-2H3. The molecule has 0 aromatic heterocycles. The molecule has 4 aromatic carbocycles. The van der Waals surface area contributed by atoms with Crippen LogP contribution in [0.25, 0.3) is 11.1 Å². The van der Waals surface area contributed by atoms with E-state index < -0.39 is 26.1 Å². The van der Waals surface area contributed by atoms with Gasteiger partial charge in [0.05, 0.1) is 12.5 Å². The van der Waals surface area contributed by atoms with Gasteiger partial charge in [-0.05, 0) is 96.8 Å². The second-order valence-electron chi connectivity index (χ2n) is 12.2. The number of aryl methyl sites for hydroxylation is 2. The van der Waals surface area contributed by atoms with Crippen LogP contribution in [0.2, 0.25) is 0 Å². The lowest BCUT2D eigenvalue weighted by Gasteiger charge is -2.34. The quantitative estimate of drug-likeness (QED) is 0.132. The predicted molar refractivity (Wildman–Crippen MR) is 221 cm³/mol. The van der Waals surface area contributed by atoms with Crippen molar-refractivity contribution in [2.75, 3.05) is 58.9 Å². The van der Waals surface area contributed by atoms with Gasteiger partial charge in [-0.3, -0.25) is 9.00 Å². The average Bonchev–Trinajstić information content (AvgIpc) is 3.33. The van der Waals surface area contributed by atoms with Crippen molar-refractivity contribution in [3.8, 4) is 22.6 Å². The molecule has 8 nitrogen and oxygen atoms in total. The van der Waals surface area contributed by atoms with Crippen LogP contribution in [0.3, 0.4) is 0 Å². The first-order valence-electron chi connectivity index (χ1n) is 16.1. The summed E-state index contributed by atoms with van der Waals surface area (Å²) in [6.07, 6.45) is 9.68. The molecule has 5 rings (SSSR count). The van der Waals surface area contributed by atoms with Gasteiger partial charge in [0.25, 0.3) is 0 Å². The molecule has 0 saturated heterocycles. The van der Waals surface area contributed by atoms with Crippen LogP contribution < -0.4 is 9.47 Å². The topological polar surface area (TPSA) is 113 Å². The SMILES string of the molecule is CC(C)=O.COC.COc1ccc(C2(c3ccc(OC(C)=O)c(C)c3)c3ccccc3-c3ccccc32)cc1C.CS(C)(=O)=O.CS(C)=O.CSC. The first-order chi connectivity index (χ1) is 24.3. The fourth-order valence-electron chi connectivity index (χ4n) is 5.29. The molecule has 11 heteroatoms. The lowest BCUT2D eigenvalue weighted by molar-refractivity contribution is -0.132. The predicted octanol–water partition coefficient (Wildman–Crippen LogP) is 8.09. The smallest absolute Gasteiger partial charge is 0.308 e. The van der Waals surface area contributed by atoms with Crippen molar-refractivity contribution in [2.45, 2.75) is 40.0 Å². The number of esters is 1. The molecule has 0 radical (unpaired) electrons. The van der Waals surface area contributed by atoms with E-state index >= 15 is 0 Å². The number of ketones is 1. The number of fused-ring (bicyclic) bond motifs is 3. The Morgan fingerprint density at radius 1 is 0.692 bits per heavy atom. The van der Waals surface area contributed by atoms with Crippen LogP contribution in [0.15, 0.2) is 84.9 Å². The minimum Gasteiger partial charge on any atom is -0.496 e. The minimum atomic E-state index is -2.67. The van der Waals surface area contributed by atoms with Crippen molar-refractivity contribution in [2.24, 2.45) is 0 Å². The number of ether oxygens (including phenoxy) is 3. The number of Topliss-reactive ketones (excluding diaryl/α,β-unsaturated/α-hetero) is 1. The molecular formula is C41H56O8S3. The number of hydrogen-bond donors (Lipinski definition) is 0. The highest BCUT2D eigenvalue weighted by Gasteiger charge is 2.46. The fraction of sp³-hybridized carbons (Fsp3) is 0.366. The summed E-state index contributed by atoms with van der Waals surface area (Å²) in [4.78, 5) is 21.0. The zero-order chi connectivity index (χ0) is 40.2. The Hall–Kier alpha value is -3.77. The van der Waals surface area contributed by atoms with Crippen molar-refractivity contribution in [1.29, 1.82) is 0 Å². The highest BCUT2D eigenvalue weighted by atomic mass is 32.2. The summed E-state index contributed by atoms with van der Waals surface area (Å²) in [5.74, 6) is 1.31. The molecule has 0 fully saturated rings. The Morgan fingerprint density at radius 2 is 1.00 bits per heavy atom. The Kier molecular flexibility index (Phi) is 22.0. The Bertz CT molecular complexity index is 1790. The lowest BCUT2D eigenvalue weighted by atomic mass is 9.67. The van der Waals surface area contributed by atoms with Crippen LogP contribution in [-0.2, 0) is 40.4 Å². The van der Waals surface area contributed by atoms with E-state index in [0.29, 0.717) is 5.75 Å². The van der Waals surface area contributed by atoms with E-state index in [1.807, 2.05) is 25.5 Å². The molecular weight excluding hydrogens is 717 g/mol. The molecule has 0 heterocycles. The largest absolute Gasteiger partial charge is 0.496 e. The summed E-state index contributed by atoms with van der Waals surface area (Å²) in [5.41, 5.74) is 8.80. The molecule has 4 aromatic rings. The summed E-state index contributed by atoms with van der Waals surface area (Å²) in [6, 6.07) is 29.9. The van der Waals surface area contributed by atoms with Gasteiger partial charge in [0.2, 0.25) is 0 Å². The first-order valence-corrected chi connectivity index (χ1v) is 22.0.